The summed E-state index contributed by atoms with van der Waals surface area (Å²) in [6, 6.07) is 19.7. The minimum atomic E-state index is 0.0363. The van der Waals surface area contributed by atoms with Gasteiger partial charge in [-0.15, -0.1) is 0 Å². The van der Waals surface area contributed by atoms with Crippen LogP contribution in [-0.4, -0.2) is 22.0 Å². The Morgan fingerprint density at radius 2 is 1.71 bits per heavy atom. The second-order valence-corrected chi connectivity index (χ2v) is 7.13. The SMILES string of the molecule is COc1ccc(C(=O)c2c(C)n(C(C)c3cccn3C)c3ccccc23)cc1. The van der Waals surface area contributed by atoms with E-state index in [1.54, 1.807) is 7.11 Å². The van der Waals surface area contributed by atoms with E-state index in [1.807, 2.05) is 49.4 Å². The number of ketones is 1. The predicted octanol–water partition coefficient (Wildman–Crippen LogP) is 5.14. The van der Waals surface area contributed by atoms with Gasteiger partial charge in [-0.1, -0.05) is 18.2 Å². The summed E-state index contributed by atoms with van der Waals surface area (Å²) in [4.78, 5) is 13.4. The molecule has 0 saturated heterocycles. The van der Waals surface area contributed by atoms with Crippen molar-refractivity contribution < 1.29 is 9.53 Å². The van der Waals surface area contributed by atoms with Crippen LogP contribution >= 0.6 is 0 Å². The average molecular weight is 372 g/mol. The van der Waals surface area contributed by atoms with Crippen molar-refractivity contribution in [2.75, 3.05) is 7.11 Å². The van der Waals surface area contributed by atoms with Crippen LogP contribution in [0.5, 0.6) is 5.75 Å². The lowest BCUT2D eigenvalue weighted by Crippen LogP contribution is -2.13. The summed E-state index contributed by atoms with van der Waals surface area (Å²) in [6.07, 6.45) is 2.05. The van der Waals surface area contributed by atoms with E-state index in [-0.39, 0.29) is 11.8 Å². The Labute approximate surface area is 165 Å². The molecular weight excluding hydrogens is 348 g/mol. The molecule has 0 bridgehead atoms. The van der Waals surface area contributed by atoms with E-state index < -0.39 is 0 Å². The molecule has 4 rings (SSSR count). The third-order valence-electron chi connectivity index (χ3n) is 5.53. The van der Waals surface area contributed by atoms with Gasteiger partial charge in [-0.2, -0.15) is 0 Å². The van der Waals surface area contributed by atoms with Gasteiger partial charge in [0.05, 0.1) is 18.7 Å². The first kappa shape index (κ1) is 18.1. The maximum Gasteiger partial charge on any atom is 0.195 e. The fourth-order valence-electron chi connectivity index (χ4n) is 4.10. The number of fused-ring (bicyclic) bond motifs is 1. The van der Waals surface area contributed by atoms with E-state index in [4.69, 9.17) is 4.74 Å². The molecule has 1 atom stereocenters. The molecule has 0 amide bonds. The van der Waals surface area contributed by atoms with Gasteiger partial charge in [-0.25, -0.2) is 0 Å². The van der Waals surface area contributed by atoms with Gasteiger partial charge < -0.3 is 13.9 Å². The lowest BCUT2D eigenvalue weighted by molar-refractivity contribution is 0.103. The number of methoxy groups -OCH3 is 1. The van der Waals surface area contributed by atoms with Crippen LogP contribution in [0.4, 0.5) is 0 Å². The second-order valence-electron chi connectivity index (χ2n) is 7.13. The molecule has 28 heavy (non-hydrogen) atoms. The molecule has 142 valence electrons. The monoisotopic (exact) mass is 372 g/mol. The fraction of sp³-hybridized carbons (Fsp3) is 0.208. The zero-order chi connectivity index (χ0) is 19.8. The molecule has 2 heterocycles. The van der Waals surface area contributed by atoms with Crippen LogP contribution in [0, 0.1) is 6.92 Å². The van der Waals surface area contributed by atoms with Gasteiger partial charge in [0.25, 0.3) is 0 Å². The van der Waals surface area contributed by atoms with E-state index >= 15 is 0 Å². The summed E-state index contributed by atoms with van der Waals surface area (Å²) in [5.74, 6) is 0.780. The number of rotatable bonds is 5. The number of ether oxygens (including phenoxy) is 1. The van der Waals surface area contributed by atoms with Crippen LogP contribution in [-0.2, 0) is 7.05 Å². The molecule has 2 aromatic carbocycles. The molecule has 0 saturated carbocycles. The molecule has 0 radical (unpaired) electrons. The smallest absolute Gasteiger partial charge is 0.195 e. The molecule has 0 aliphatic heterocycles. The van der Waals surface area contributed by atoms with E-state index in [0.29, 0.717) is 5.56 Å². The number of hydrogen-bond donors (Lipinski definition) is 0. The van der Waals surface area contributed by atoms with E-state index in [1.165, 1.54) is 5.69 Å². The van der Waals surface area contributed by atoms with Crippen molar-refractivity contribution in [3.8, 4) is 5.75 Å². The second kappa shape index (κ2) is 7.04. The molecule has 0 N–H and O–H groups in total. The Bertz CT molecular complexity index is 1150. The van der Waals surface area contributed by atoms with Crippen molar-refractivity contribution in [2.45, 2.75) is 19.9 Å². The van der Waals surface area contributed by atoms with Crippen molar-refractivity contribution >= 4 is 16.7 Å². The summed E-state index contributed by atoms with van der Waals surface area (Å²) >= 11 is 0. The lowest BCUT2D eigenvalue weighted by Gasteiger charge is -2.19. The number of carbonyl (C=O) groups excluding carboxylic acids is 1. The zero-order valence-corrected chi connectivity index (χ0v) is 16.6. The van der Waals surface area contributed by atoms with E-state index in [2.05, 4.69) is 47.5 Å². The Morgan fingerprint density at radius 3 is 2.36 bits per heavy atom. The normalized spacial score (nSPS) is 12.3. The van der Waals surface area contributed by atoms with Gasteiger partial charge in [-0.05, 0) is 56.3 Å². The minimum absolute atomic E-state index is 0.0363. The molecular formula is C24H24N2O2. The van der Waals surface area contributed by atoms with Gasteiger partial charge in [0.15, 0.2) is 5.78 Å². The number of aromatic nitrogens is 2. The minimum Gasteiger partial charge on any atom is -0.497 e. The largest absolute Gasteiger partial charge is 0.497 e. The highest BCUT2D eigenvalue weighted by atomic mass is 16.5. The van der Waals surface area contributed by atoms with Gasteiger partial charge in [-0.3, -0.25) is 4.79 Å². The molecule has 0 aliphatic carbocycles. The summed E-state index contributed by atoms with van der Waals surface area (Å²) in [6.45, 7) is 4.21. The Kier molecular flexibility index (Phi) is 4.55. The average Bonchev–Trinajstić information content (AvgIpc) is 3.27. The molecule has 4 heteroatoms. The van der Waals surface area contributed by atoms with Crippen LogP contribution in [0.1, 0.15) is 40.3 Å². The maximum atomic E-state index is 13.4. The van der Waals surface area contributed by atoms with E-state index in [9.17, 15) is 4.79 Å². The number of nitrogens with zero attached hydrogens (tertiary/aromatic N) is 2. The Hall–Kier alpha value is -3.27. The zero-order valence-electron chi connectivity index (χ0n) is 16.6. The Morgan fingerprint density at radius 1 is 1.00 bits per heavy atom. The van der Waals surface area contributed by atoms with Gasteiger partial charge >= 0.3 is 0 Å². The highest BCUT2D eigenvalue weighted by Crippen LogP contribution is 2.33. The molecule has 4 aromatic rings. The topological polar surface area (TPSA) is 36.2 Å². The van der Waals surface area contributed by atoms with Gasteiger partial charge in [0.1, 0.15) is 5.75 Å². The number of carbonyl (C=O) groups is 1. The van der Waals surface area contributed by atoms with Crippen LogP contribution in [0.2, 0.25) is 0 Å². The predicted molar refractivity (Wildman–Crippen MR) is 112 cm³/mol. The summed E-state index contributed by atoms with van der Waals surface area (Å²) < 4.78 is 9.61. The van der Waals surface area contributed by atoms with Crippen LogP contribution < -0.4 is 4.74 Å². The van der Waals surface area contributed by atoms with Gasteiger partial charge in [0, 0.05) is 41.1 Å². The van der Waals surface area contributed by atoms with Crippen LogP contribution in [0.25, 0.3) is 10.9 Å². The van der Waals surface area contributed by atoms with Crippen molar-refractivity contribution in [1.29, 1.82) is 0 Å². The fourth-order valence-corrected chi connectivity index (χ4v) is 4.10. The molecule has 2 aromatic heterocycles. The molecule has 0 fully saturated rings. The summed E-state index contributed by atoms with van der Waals surface area (Å²) in [5.41, 5.74) is 4.69. The molecule has 0 spiro atoms. The standard InChI is InChI=1S/C24H24N2O2/c1-16(21-10-7-15-25(21)3)26-17(2)23(20-8-5-6-9-22(20)26)24(27)18-11-13-19(28-4)14-12-18/h5-16H,1-4H3. The molecule has 0 aliphatic rings. The van der Waals surface area contributed by atoms with Gasteiger partial charge in [0.2, 0.25) is 0 Å². The highest BCUT2D eigenvalue weighted by Gasteiger charge is 2.24. The number of hydrogen-bond acceptors (Lipinski definition) is 2. The Balaban J connectivity index is 1.89. The van der Waals surface area contributed by atoms with E-state index in [0.717, 1.165) is 27.9 Å². The summed E-state index contributed by atoms with van der Waals surface area (Å²) in [7, 11) is 3.68. The first-order valence-corrected chi connectivity index (χ1v) is 9.42. The highest BCUT2D eigenvalue weighted by molar-refractivity contribution is 6.17. The molecule has 1 unspecified atom stereocenters. The summed E-state index contributed by atoms with van der Waals surface area (Å²) in [5, 5.41) is 0.988. The quantitative estimate of drug-likeness (QED) is 0.455. The lowest BCUT2D eigenvalue weighted by atomic mass is 10.0. The van der Waals surface area contributed by atoms with Crippen molar-refractivity contribution in [3.63, 3.8) is 0 Å². The maximum absolute atomic E-state index is 13.4. The number of aryl methyl sites for hydroxylation is 1. The van der Waals surface area contributed by atoms with Crippen molar-refractivity contribution in [3.05, 3.63) is 89.4 Å². The third kappa shape index (κ3) is 2.82. The first-order valence-electron chi connectivity index (χ1n) is 9.42. The van der Waals surface area contributed by atoms with Crippen LogP contribution in [0.3, 0.4) is 0 Å². The van der Waals surface area contributed by atoms with Crippen molar-refractivity contribution in [1.82, 2.24) is 9.13 Å². The third-order valence-corrected chi connectivity index (χ3v) is 5.53. The first-order chi connectivity index (χ1) is 13.5. The number of para-hydroxylation sites is 1. The van der Waals surface area contributed by atoms with Crippen LogP contribution in [0.15, 0.2) is 66.9 Å². The number of benzene rings is 2. The van der Waals surface area contributed by atoms with Crippen molar-refractivity contribution in [2.24, 2.45) is 7.05 Å². The molecule has 4 nitrogen and oxygen atoms in total.